The second-order valence-corrected chi connectivity index (χ2v) is 7.56. The number of amides is 1. The zero-order valence-electron chi connectivity index (χ0n) is 16.1. The molecule has 6 heteroatoms. The normalized spacial score (nSPS) is 14.4. The Labute approximate surface area is 170 Å². The van der Waals surface area contributed by atoms with Gasteiger partial charge in [-0.2, -0.15) is 5.10 Å². The smallest absolute Gasteiger partial charge is 0.272 e. The van der Waals surface area contributed by atoms with E-state index in [4.69, 9.17) is 11.6 Å². The zero-order valence-corrected chi connectivity index (χ0v) is 16.9. The number of aromatic nitrogens is 2. The highest BCUT2D eigenvalue weighted by Crippen LogP contribution is 2.26. The van der Waals surface area contributed by atoms with Crippen molar-refractivity contribution in [2.24, 2.45) is 0 Å². The van der Waals surface area contributed by atoms with Gasteiger partial charge in [0.05, 0.1) is 11.4 Å². The maximum atomic E-state index is 13.2. The van der Waals surface area contributed by atoms with Crippen molar-refractivity contribution in [2.75, 3.05) is 31.1 Å². The molecule has 0 saturated carbocycles. The van der Waals surface area contributed by atoms with E-state index in [2.05, 4.69) is 16.9 Å². The van der Waals surface area contributed by atoms with Crippen LogP contribution in [0.2, 0.25) is 5.02 Å². The van der Waals surface area contributed by atoms with Crippen LogP contribution in [-0.4, -0.2) is 46.8 Å². The van der Waals surface area contributed by atoms with E-state index in [1.54, 1.807) is 4.68 Å². The third-order valence-electron chi connectivity index (χ3n) is 5.13. The molecule has 1 saturated heterocycles. The Bertz CT molecular complexity index is 991. The molecule has 1 aliphatic heterocycles. The van der Waals surface area contributed by atoms with E-state index >= 15 is 0 Å². The topological polar surface area (TPSA) is 41.4 Å². The van der Waals surface area contributed by atoms with Crippen molar-refractivity contribution >= 4 is 23.2 Å². The van der Waals surface area contributed by atoms with Gasteiger partial charge in [0.15, 0.2) is 0 Å². The fraction of sp³-hybridized carbons (Fsp3) is 0.273. The quantitative estimate of drug-likeness (QED) is 0.671. The van der Waals surface area contributed by atoms with Gasteiger partial charge < -0.3 is 9.80 Å². The van der Waals surface area contributed by atoms with Crippen molar-refractivity contribution in [1.82, 2.24) is 14.7 Å². The van der Waals surface area contributed by atoms with Crippen LogP contribution in [0.15, 0.2) is 54.6 Å². The first-order valence-corrected chi connectivity index (χ1v) is 9.83. The molecule has 0 aliphatic carbocycles. The molecule has 0 atom stereocenters. The summed E-state index contributed by atoms with van der Waals surface area (Å²) < 4.78 is 1.74. The van der Waals surface area contributed by atoms with E-state index in [0.29, 0.717) is 18.8 Å². The average Bonchev–Trinajstić information content (AvgIpc) is 3.12. The fourth-order valence-corrected chi connectivity index (χ4v) is 3.82. The number of para-hydroxylation sites is 1. The molecule has 1 amide bonds. The standard InChI is InChI=1S/C22H23ClN4O/c1-16-8-9-18(23)15-20(16)25-10-12-26(13-11-25)22(28)21-14-17(2)24-27(21)19-6-4-3-5-7-19/h3-9,14-15H,10-13H2,1-2H3. The molecule has 4 rings (SSSR count). The van der Waals surface area contributed by atoms with E-state index < -0.39 is 0 Å². The van der Waals surface area contributed by atoms with Crippen LogP contribution in [0.5, 0.6) is 0 Å². The molecule has 2 aromatic carbocycles. The molecule has 0 bridgehead atoms. The number of anilines is 1. The Kier molecular flexibility index (Phi) is 5.09. The van der Waals surface area contributed by atoms with E-state index in [9.17, 15) is 4.79 Å². The first kappa shape index (κ1) is 18.6. The van der Waals surface area contributed by atoms with Gasteiger partial charge in [-0.1, -0.05) is 35.9 Å². The van der Waals surface area contributed by atoms with Crippen LogP contribution < -0.4 is 4.90 Å². The minimum atomic E-state index is 0.0203. The molecule has 0 unspecified atom stereocenters. The molecular weight excluding hydrogens is 372 g/mol. The zero-order chi connectivity index (χ0) is 19.7. The second kappa shape index (κ2) is 7.68. The number of halogens is 1. The van der Waals surface area contributed by atoms with Gasteiger partial charge >= 0.3 is 0 Å². The highest BCUT2D eigenvalue weighted by molar-refractivity contribution is 6.30. The molecule has 0 radical (unpaired) electrons. The first-order valence-electron chi connectivity index (χ1n) is 9.45. The van der Waals surface area contributed by atoms with Gasteiger partial charge in [0.1, 0.15) is 5.69 Å². The Hall–Kier alpha value is -2.79. The predicted octanol–water partition coefficient (Wildman–Crippen LogP) is 4.10. The number of aryl methyl sites for hydroxylation is 2. The molecule has 1 aliphatic rings. The van der Waals surface area contributed by atoms with Gasteiger partial charge in [0.2, 0.25) is 0 Å². The van der Waals surface area contributed by atoms with Crippen LogP contribution in [0.25, 0.3) is 5.69 Å². The van der Waals surface area contributed by atoms with Crippen molar-refractivity contribution in [1.29, 1.82) is 0 Å². The Balaban J connectivity index is 1.52. The molecule has 2 heterocycles. The van der Waals surface area contributed by atoms with Gasteiger partial charge in [-0.05, 0) is 49.7 Å². The van der Waals surface area contributed by atoms with Crippen molar-refractivity contribution in [3.8, 4) is 5.69 Å². The summed E-state index contributed by atoms with van der Waals surface area (Å²) in [5.74, 6) is 0.0203. The molecule has 0 spiro atoms. The minimum Gasteiger partial charge on any atom is -0.368 e. The Morgan fingerprint density at radius 3 is 2.39 bits per heavy atom. The van der Waals surface area contributed by atoms with Gasteiger partial charge in [0.25, 0.3) is 5.91 Å². The lowest BCUT2D eigenvalue weighted by Crippen LogP contribution is -2.49. The molecule has 1 aromatic heterocycles. The second-order valence-electron chi connectivity index (χ2n) is 7.13. The predicted molar refractivity (Wildman–Crippen MR) is 113 cm³/mol. The summed E-state index contributed by atoms with van der Waals surface area (Å²) in [7, 11) is 0. The lowest BCUT2D eigenvalue weighted by molar-refractivity contribution is 0.0737. The molecule has 1 fully saturated rings. The molecule has 0 N–H and O–H groups in total. The van der Waals surface area contributed by atoms with Crippen LogP contribution in [0.4, 0.5) is 5.69 Å². The maximum Gasteiger partial charge on any atom is 0.272 e. The van der Waals surface area contributed by atoms with E-state index in [1.807, 2.05) is 66.4 Å². The highest BCUT2D eigenvalue weighted by atomic mass is 35.5. The van der Waals surface area contributed by atoms with Crippen LogP contribution >= 0.6 is 11.6 Å². The number of hydrogen-bond acceptors (Lipinski definition) is 3. The van der Waals surface area contributed by atoms with Gasteiger partial charge in [-0.15, -0.1) is 0 Å². The third kappa shape index (κ3) is 3.62. The maximum absolute atomic E-state index is 13.2. The number of nitrogens with zero attached hydrogens (tertiary/aromatic N) is 4. The van der Waals surface area contributed by atoms with Gasteiger partial charge in [0, 0.05) is 36.9 Å². The SMILES string of the molecule is Cc1cc(C(=O)N2CCN(c3cc(Cl)ccc3C)CC2)n(-c2ccccc2)n1. The fourth-order valence-electron chi connectivity index (χ4n) is 3.65. The van der Waals surface area contributed by atoms with E-state index in [0.717, 1.165) is 35.2 Å². The highest BCUT2D eigenvalue weighted by Gasteiger charge is 2.26. The summed E-state index contributed by atoms with van der Waals surface area (Å²) in [5.41, 5.74) is 4.68. The van der Waals surface area contributed by atoms with Crippen molar-refractivity contribution in [2.45, 2.75) is 13.8 Å². The Morgan fingerprint density at radius 2 is 1.68 bits per heavy atom. The van der Waals surface area contributed by atoms with Crippen molar-refractivity contribution < 1.29 is 4.79 Å². The lowest BCUT2D eigenvalue weighted by Gasteiger charge is -2.36. The molecule has 5 nitrogen and oxygen atoms in total. The van der Waals surface area contributed by atoms with Crippen LogP contribution in [0.1, 0.15) is 21.7 Å². The number of carbonyl (C=O) groups excluding carboxylic acids is 1. The summed E-state index contributed by atoms with van der Waals surface area (Å²) >= 11 is 6.17. The average molecular weight is 395 g/mol. The minimum absolute atomic E-state index is 0.0203. The van der Waals surface area contributed by atoms with Gasteiger partial charge in [-0.25, -0.2) is 4.68 Å². The van der Waals surface area contributed by atoms with Crippen LogP contribution in [-0.2, 0) is 0 Å². The number of piperazine rings is 1. The molecule has 28 heavy (non-hydrogen) atoms. The van der Waals surface area contributed by atoms with Crippen LogP contribution in [0, 0.1) is 13.8 Å². The lowest BCUT2D eigenvalue weighted by atomic mass is 10.1. The number of hydrogen-bond donors (Lipinski definition) is 0. The first-order chi connectivity index (χ1) is 13.5. The summed E-state index contributed by atoms with van der Waals surface area (Å²) in [6, 6.07) is 17.6. The van der Waals surface area contributed by atoms with Crippen molar-refractivity contribution in [3.63, 3.8) is 0 Å². The van der Waals surface area contributed by atoms with E-state index in [-0.39, 0.29) is 5.91 Å². The molecule has 3 aromatic rings. The molecular formula is C22H23ClN4O. The Morgan fingerprint density at radius 1 is 0.964 bits per heavy atom. The molecule has 144 valence electrons. The summed E-state index contributed by atoms with van der Waals surface area (Å²) in [4.78, 5) is 17.4. The third-order valence-corrected chi connectivity index (χ3v) is 5.37. The summed E-state index contributed by atoms with van der Waals surface area (Å²) in [5, 5.41) is 5.26. The largest absolute Gasteiger partial charge is 0.368 e. The van der Waals surface area contributed by atoms with E-state index in [1.165, 1.54) is 5.56 Å². The van der Waals surface area contributed by atoms with Gasteiger partial charge in [-0.3, -0.25) is 4.79 Å². The summed E-state index contributed by atoms with van der Waals surface area (Å²) in [6.07, 6.45) is 0. The monoisotopic (exact) mass is 394 g/mol. The number of rotatable bonds is 3. The summed E-state index contributed by atoms with van der Waals surface area (Å²) in [6.45, 7) is 6.91. The number of carbonyl (C=O) groups is 1. The van der Waals surface area contributed by atoms with Crippen LogP contribution in [0.3, 0.4) is 0 Å². The number of benzene rings is 2. The van der Waals surface area contributed by atoms with Crippen molar-refractivity contribution in [3.05, 3.63) is 76.6 Å².